The van der Waals surface area contributed by atoms with E-state index in [1.54, 1.807) is 24.3 Å². The minimum Gasteiger partial charge on any atom is -0.368 e. The Labute approximate surface area is 124 Å². The average Bonchev–Trinajstić information content (AvgIpc) is 2.74. The summed E-state index contributed by atoms with van der Waals surface area (Å²) in [5.41, 5.74) is 6.05. The second kappa shape index (κ2) is 5.49. The third-order valence-electron chi connectivity index (χ3n) is 2.94. The number of nitrogens with zero attached hydrogens (tertiary/aromatic N) is 4. The number of anilines is 2. The molecule has 8 heteroatoms. The van der Waals surface area contributed by atoms with Crippen LogP contribution in [0.25, 0.3) is 0 Å². The van der Waals surface area contributed by atoms with Crippen molar-refractivity contribution in [1.29, 1.82) is 0 Å². The third kappa shape index (κ3) is 2.70. The highest BCUT2D eigenvalue weighted by molar-refractivity contribution is 8.00. The Kier molecular flexibility index (Phi) is 3.53. The maximum atomic E-state index is 12.4. The van der Waals surface area contributed by atoms with Crippen LogP contribution in [0.2, 0.25) is 0 Å². The smallest absolute Gasteiger partial charge is 0.247 e. The van der Waals surface area contributed by atoms with Gasteiger partial charge in [0.1, 0.15) is 11.6 Å². The largest absolute Gasteiger partial charge is 0.368 e. The number of hydrogen-bond acceptors (Lipinski definition) is 7. The van der Waals surface area contributed by atoms with Crippen molar-refractivity contribution in [3.05, 3.63) is 36.7 Å². The fraction of sp³-hybridized carbons (Fsp3) is 0.154. The van der Waals surface area contributed by atoms with E-state index in [0.717, 1.165) is 11.8 Å². The highest BCUT2D eigenvalue weighted by Gasteiger charge is 2.40. The van der Waals surface area contributed by atoms with Crippen LogP contribution in [0.4, 0.5) is 11.6 Å². The molecule has 1 aromatic heterocycles. The SMILES string of the molecule is Nc1ncnc(S[C@@H]2CC(=O)N(c3ccccc3)C2=O)n1. The summed E-state index contributed by atoms with van der Waals surface area (Å²) in [6, 6.07) is 8.84. The number of para-hydroxylation sites is 1. The number of carbonyl (C=O) groups excluding carboxylic acids is 2. The zero-order chi connectivity index (χ0) is 14.8. The van der Waals surface area contributed by atoms with E-state index >= 15 is 0 Å². The second-order valence-corrected chi connectivity index (χ2v) is 5.51. The number of imide groups is 1. The van der Waals surface area contributed by atoms with Crippen LogP contribution < -0.4 is 10.6 Å². The van der Waals surface area contributed by atoms with E-state index in [1.807, 2.05) is 6.07 Å². The molecular weight excluding hydrogens is 290 g/mol. The van der Waals surface area contributed by atoms with Crippen molar-refractivity contribution in [1.82, 2.24) is 15.0 Å². The monoisotopic (exact) mass is 301 g/mol. The summed E-state index contributed by atoms with van der Waals surface area (Å²) in [5.74, 6) is -0.412. The first-order valence-corrected chi connectivity index (χ1v) is 7.06. The van der Waals surface area contributed by atoms with Gasteiger partial charge in [-0.15, -0.1) is 0 Å². The molecule has 1 aliphatic rings. The van der Waals surface area contributed by atoms with Gasteiger partial charge in [0, 0.05) is 6.42 Å². The van der Waals surface area contributed by atoms with E-state index in [0.29, 0.717) is 10.8 Å². The molecule has 1 saturated heterocycles. The average molecular weight is 301 g/mol. The van der Waals surface area contributed by atoms with E-state index in [9.17, 15) is 9.59 Å². The van der Waals surface area contributed by atoms with Crippen molar-refractivity contribution in [3.63, 3.8) is 0 Å². The molecule has 3 rings (SSSR count). The number of thioether (sulfide) groups is 1. The van der Waals surface area contributed by atoms with Gasteiger partial charge in [-0.25, -0.2) is 14.9 Å². The predicted octanol–water partition coefficient (Wildman–Crippen LogP) is 0.878. The van der Waals surface area contributed by atoms with Gasteiger partial charge in [-0.3, -0.25) is 9.59 Å². The van der Waals surface area contributed by atoms with Crippen molar-refractivity contribution in [2.24, 2.45) is 0 Å². The first-order chi connectivity index (χ1) is 10.1. The van der Waals surface area contributed by atoms with Crippen LogP contribution in [0, 0.1) is 0 Å². The lowest BCUT2D eigenvalue weighted by Crippen LogP contribution is -2.31. The molecule has 2 heterocycles. The second-order valence-electron chi connectivity index (χ2n) is 4.34. The molecular formula is C13H11N5O2S. The molecule has 1 aromatic carbocycles. The predicted molar refractivity (Wildman–Crippen MR) is 77.4 cm³/mol. The summed E-state index contributed by atoms with van der Waals surface area (Å²) in [7, 11) is 0. The minimum atomic E-state index is -0.542. The van der Waals surface area contributed by atoms with Gasteiger partial charge in [-0.1, -0.05) is 30.0 Å². The third-order valence-corrected chi connectivity index (χ3v) is 4.00. The zero-order valence-electron chi connectivity index (χ0n) is 10.8. The van der Waals surface area contributed by atoms with Crippen LogP contribution in [-0.4, -0.2) is 32.0 Å². The van der Waals surface area contributed by atoms with Gasteiger partial charge in [0.05, 0.1) is 5.69 Å². The van der Waals surface area contributed by atoms with Crippen LogP contribution in [0.1, 0.15) is 6.42 Å². The molecule has 1 fully saturated rings. The van der Waals surface area contributed by atoms with Crippen molar-refractivity contribution >= 4 is 35.2 Å². The van der Waals surface area contributed by atoms with Gasteiger partial charge in [0.25, 0.3) is 0 Å². The van der Waals surface area contributed by atoms with Crippen molar-refractivity contribution in [2.75, 3.05) is 10.6 Å². The van der Waals surface area contributed by atoms with E-state index < -0.39 is 5.25 Å². The lowest BCUT2D eigenvalue weighted by Gasteiger charge is -2.14. The minimum absolute atomic E-state index is 0.0872. The van der Waals surface area contributed by atoms with Gasteiger partial charge in [0.15, 0.2) is 5.16 Å². The summed E-state index contributed by atoms with van der Waals surface area (Å²) < 4.78 is 0. The van der Waals surface area contributed by atoms with E-state index in [1.165, 1.54) is 11.2 Å². The summed E-state index contributed by atoms with van der Waals surface area (Å²) >= 11 is 1.12. The maximum absolute atomic E-state index is 12.4. The topological polar surface area (TPSA) is 102 Å². The quantitative estimate of drug-likeness (QED) is 0.839. The summed E-state index contributed by atoms with van der Waals surface area (Å²) in [6.45, 7) is 0. The fourth-order valence-electron chi connectivity index (χ4n) is 2.02. The highest BCUT2D eigenvalue weighted by Crippen LogP contribution is 2.32. The van der Waals surface area contributed by atoms with Crippen LogP contribution in [0.5, 0.6) is 0 Å². The molecule has 1 atom stereocenters. The lowest BCUT2D eigenvalue weighted by molar-refractivity contribution is -0.121. The lowest BCUT2D eigenvalue weighted by atomic mass is 10.3. The van der Waals surface area contributed by atoms with Crippen LogP contribution in [0.15, 0.2) is 41.8 Å². The van der Waals surface area contributed by atoms with E-state index in [-0.39, 0.29) is 24.2 Å². The number of aromatic nitrogens is 3. The normalized spacial score (nSPS) is 18.3. The number of carbonyl (C=O) groups is 2. The maximum Gasteiger partial charge on any atom is 0.247 e. The Balaban J connectivity index is 1.81. The molecule has 0 saturated carbocycles. The fourth-order valence-corrected chi connectivity index (χ4v) is 2.96. The summed E-state index contributed by atoms with van der Waals surface area (Å²) in [4.78, 5) is 37.2. The first kappa shape index (κ1) is 13.5. The Hall–Kier alpha value is -2.48. The van der Waals surface area contributed by atoms with Crippen LogP contribution in [0.3, 0.4) is 0 Å². The standard InChI is InChI=1S/C13H11N5O2S/c14-12-15-7-16-13(17-12)21-9-6-10(19)18(11(9)20)8-4-2-1-3-5-8/h1-5,7,9H,6H2,(H2,14,15,16,17)/t9-/m1/s1. The molecule has 0 bridgehead atoms. The van der Waals surface area contributed by atoms with Crippen molar-refractivity contribution < 1.29 is 9.59 Å². The molecule has 1 aliphatic heterocycles. The Morgan fingerprint density at radius 3 is 2.67 bits per heavy atom. The number of hydrogen-bond donors (Lipinski definition) is 1. The van der Waals surface area contributed by atoms with Crippen LogP contribution >= 0.6 is 11.8 Å². The molecule has 7 nitrogen and oxygen atoms in total. The number of nitrogen functional groups attached to an aromatic ring is 1. The zero-order valence-corrected chi connectivity index (χ0v) is 11.7. The van der Waals surface area contributed by atoms with E-state index in [2.05, 4.69) is 15.0 Å². The van der Waals surface area contributed by atoms with Crippen LogP contribution in [-0.2, 0) is 9.59 Å². The molecule has 0 spiro atoms. The molecule has 2 N–H and O–H groups in total. The van der Waals surface area contributed by atoms with Crippen molar-refractivity contribution in [3.8, 4) is 0 Å². The van der Waals surface area contributed by atoms with Gasteiger partial charge >= 0.3 is 0 Å². The molecule has 2 aromatic rings. The van der Waals surface area contributed by atoms with Gasteiger partial charge in [-0.2, -0.15) is 4.98 Å². The number of rotatable bonds is 3. The van der Waals surface area contributed by atoms with Gasteiger partial charge in [0.2, 0.25) is 17.8 Å². The Morgan fingerprint density at radius 1 is 1.19 bits per heavy atom. The molecule has 2 amide bonds. The van der Waals surface area contributed by atoms with E-state index in [4.69, 9.17) is 5.73 Å². The highest BCUT2D eigenvalue weighted by atomic mass is 32.2. The molecule has 21 heavy (non-hydrogen) atoms. The van der Waals surface area contributed by atoms with Gasteiger partial charge in [-0.05, 0) is 12.1 Å². The summed E-state index contributed by atoms with van der Waals surface area (Å²) in [5, 5.41) is -0.205. The number of nitrogens with two attached hydrogens (primary N) is 1. The first-order valence-electron chi connectivity index (χ1n) is 6.18. The Bertz CT molecular complexity index is 694. The number of amides is 2. The van der Waals surface area contributed by atoms with Crippen molar-refractivity contribution in [2.45, 2.75) is 16.8 Å². The molecule has 0 radical (unpaired) electrons. The molecule has 106 valence electrons. The Morgan fingerprint density at radius 2 is 1.95 bits per heavy atom. The molecule has 0 aliphatic carbocycles. The molecule has 0 unspecified atom stereocenters. The number of benzene rings is 1. The van der Waals surface area contributed by atoms with Gasteiger partial charge < -0.3 is 5.73 Å². The summed E-state index contributed by atoms with van der Waals surface area (Å²) in [6.07, 6.45) is 1.39.